The molecule has 1 aromatic rings. The van der Waals surface area contributed by atoms with Gasteiger partial charge in [-0.3, -0.25) is 9.10 Å². The first-order chi connectivity index (χ1) is 11.9. The summed E-state index contributed by atoms with van der Waals surface area (Å²) in [7, 11) is -3.54. The first kappa shape index (κ1) is 20.1. The lowest BCUT2D eigenvalue weighted by molar-refractivity contribution is -0.121. The van der Waals surface area contributed by atoms with Crippen molar-refractivity contribution in [3.8, 4) is 0 Å². The van der Waals surface area contributed by atoms with E-state index in [-0.39, 0.29) is 5.91 Å². The molecule has 1 aromatic carbocycles. The highest BCUT2D eigenvalue weighted by molar-refractivity contribution is 7.99. The van der Waals surface area contributed by atoms with Crippen LogP contribution in [-0.2, 0) is 14.8 Å². The van der Waals surface area contributed by atoms with Gasteiger partial charge >= 0.3 is 0 Å². The number of nitrogens with zero attached hydrogens (tertiary/aromatic N) is 1. The van der Waals surface area contributed by atoms with E-state index in [0.29, 0.717) is 17.5 Å². The lowest BCUT2D eigenvalue weighted by atomic mass is 10.0. The summed E-state index contributed by atoms with van der Waals surface area (Å²) in [6.45, 7) is 2.19. The zero-order valence-corrected chi connectivity index (χ0v) is 16.6. The molecule has 0 radical (unpaired) electrons. The zero-order chi connectivity index (χ0) is 18.3. The molecular weight excluding hydrogens is 356 g/mol. The smallest absolute Gasteiger partial charge is 0.243 e. The number of hydrogen-bond donors (Lipinski definition) is 1. The van der Waals surface area contributed by atoms with Crippen LogP contribution in [0, 0.1) is 0 Å². The van der Waals surface area contributed by atoms with Gasteiger partial charge in [0, 0.05) is 17.5 Å². The zero-order valence-electron chi connectivity index (χ0n) is 15.0. The Balaban J connectivity index is 1.88. The van der Waals surface area contributed by atoms with Gasteiger partial charge in [-0.1, -0.05) is 37.5 Å². The van der Waals surface area contributed by atoms with Crippen LogP contribution in [0.5, 0.6) is 0 Å². The summed E-state index contributed by atoms with van der Waals surface area (Å²) in [5, 5.41) is 3.59. The summed E-state index contributed by atoms with van der Waals surface area (Å²) in [4.78, 5) is 12.4. The Hall–Kier alpha value is -1.21. The van der Waals surface area contributed by atoms with E-state index in [1.165, 1.54) is 36.4 Å². The third-order valence-electron chi connectivity index (χ3n) is 4.41. The van der Waals surface area contributed by atoms with Gasteiger partial charge in [-0.15, -0.1) is 0 Å². The van der Waals surface area contributed by atoms with Crippen LogP contribution in [0.1, 0.15) is 39.0 Å². The number of rotatable bonds is 8. The van der Waals surface area contributed by atoms with Crippen LogP contribution in [0.25, 0.3) is 0 Å². The van der Waals surface area contributed by atoms with Crippen molar-refractivity contribution in [2.24, 2.45) is 0 Å². The molecule has 1 atom stereocenters. The van der Waals surface area contributed by atoms with Crippen molar-refractivity contribution >= 4 is 33.4 Å². The van der Waals surface area contributed by atoms with Crippen molar-refractivity contribution in [2.45, 2.75) is 50.3 Å². The number of amides is 1. The highest BCUT2D eigenvalue weighted by Gasteiger charge is 2.28. The summed E-state index contributed by atoms with van der Waals surface area (Å²) in [5.41, 5.74) is 0.504. The number of sulfonamides is 1. The summed E-state index contributed by atoms with van der Waals surface area (Å²) in [6, 6.07) is 7.96. The number of carbonyl (C=O) groups is 1. The van der Waals surface area contributed by atoms with Crippen LogP contribution in [0.15, 0.2) is 30.3 Å². The molecule has 1 fully saturated rings. The SMILES string of the molecule is C[C@H](C(=O)NCCSC1CCCCC1)N(c1ccccc1)S(C)(=O)=O. The lowest BCUT2D eigenvalue weighted by Crippen LogP contribution is -2.48. The van der Waals surface area contributed by atoms with Crippen molar-refractivity contribution in [3.63, 3.8) is 0 Å². The van der Waals surface area contributed by atoms with Gasteiger partial charge in [-0.25, -0.2) is 8.42 Å². The second kappa shape index (κ2) is 9.48. The van der Waals surface area contributed by atoms with Crippen LogP contribution in [-0.4, -0.2) is 44.2 Å². The van der Waals surface area contributed by atoms with Gasteiger partial charge in [0.25, 0.3) is 0 Å². The van der Waals surface area contributed by atoms with Gasteiger partial charge in [-0.2, -0.15) is 11.8 Å². The average molecular weight is 385 g/mol. The second-order valence-corrected chi connectivity index (χ2v) is 9.76. The summed E-state index contributed by atoms with van der Waals surface area (Å²) in [5.74, 6) is 0.603. The summed E-state index contributed by atoms with van der Waals surface area (Å²) >= 11 is 1.91. The maximum Gasteiger partial charge on any atom is 0.243 e. The molecule has 0 spiro atoms. The predicted octanol–water partition coefficient (Wildman–Crippen LogP) is 3.02. The van der Waals surface area contributed by atoms with E-state index < -0.39 is 16.1 Å². The Kier molecular flexibility index (Phi) is 7.62. The molecule has 1 amide bonds. The van der Waals surface area contributed by atoms with Crippen molar-refractivity contribution in [2.75, 3.05) is 22.9 Å². The molecule has 25 heavy (non-hydrogen) atoms. The number of nitrogens with one attached hydrogen (secondary N) is 1. The van der Waals surface area contributed by atoms with Crippen molar-refractivity contribution < 1.29 is 13.2 Å². The van der Waals surface area contributed by atoms with Gasteiger partial charge in [0.05, 0.1) is 11.9 Å². The van der Waals surface area contributed by atoms with E-state index >= 15 is 0 Å². The standard InChI is InChI=1S/C18H28N2O3S2/c1-15(20(25(2,22)23)16-9-5-3-6-10-16)18(21)19-13-14-24-17-11-7-4-8-12-17/h3,5-6,9-10,15,17H,4,7-8,11-14H2,1-2H3,(H,19,21)/t15-/m1/s1. The van der Waals surface area contributed by atoms with E-state index in [1.807, 2.05) is 17.8 Å². The Morgan fingerprint density at radius 2 is 1.88 bits per heavy atom. The topological polar surface area (TPSA) is 66.5 Å². The molecular formula is C18H28N2O3S2. The Morgan fingerprint density at radius 3 is 2.48 bits per heavy atom. The van der Waals surface area contributed by atoms with Crippen molar-refractivity contribution in [3.05, 3.63) is 30.3 Å². The van der Waals surface area contributed by atoms with Gasteiger partial charge in [0.1, 0.15) is 6.04 Å². The lowest BCUT2D eigenvalue weighted by Gasteiger charge is -2.28. The van der Waals surface area contributed by atoms with E-state index in [4.69, 9.17) is 0 Å². The molecule has 5 nitrogen and oxygen atoms in total. The molecule has 140 valence electrons. The molecule has 1 N–H and O–H groups in total. The third kappa shape index (κ3) is 6.22. The fourth-order valence-electron chi connectivity index (χ4n) is 3.16. The minimum atomic E-state index is -3.54. The van der Waals surface area contributed by atoms with Crippen LogP contribution >= 0.6 is 11.8 Å². The first-order valence-corrected chi connectivity index (χ1v) is 11.7. The first-order valence-electron chi connectivity index (χ1n) is 8.83. The summed E-state index contributed by atoms with van der Waals surface area (Å²) < 4.78 is 25.5. The van der Waals surface area contributed by atoms with Crippen molar-refractivity contribution in [1.82, 2.24) is 5.32 Å². The number of benzene rings is 1. The van der Waals surface area contributed by atoms with Gasteiger partial charge in [-0.05, 0) is 31.9 Å². The van der Waals surface area contributed by atoms with Crippen LogP contribution in [0.2, 0.25) is 0 Å². The fraction of sp³-hybridized carbons (Fsp3) is 0.611. The van der Waals surface area contributed by atoms with Gasteiger partial charge in [0.15, 0.2) is 0 Å². The van der Waals surface area contributed by atoms with E-state index in [0.717, 1.165) is 12.0 Å². The third-order valence-corrected chi connectivity index (χ3v) is 7.03. The van der Waals surface area contributed by atoms with E-state index in [2.05, 4.69) is 5.32 Å². The molecule has 0 bridgehead atoms. The highest BCUT2D eigenvalue weighted by Crippen LogP contribution is 2.27. The number of carbonyl (C=O) groups excluding carboxylic acids is 1. The minimum Gasteiger partial charge on any atom is -0.353 e. The predicted molar refractivity (Wildman–Crippen MR) is 106 cm³/mol. The fourth-order valence-corrected chi connectivity index (χ4v) is 5.56. The van der Waals surface area contributed by atoms with E-state index in [1.54, 1.807) is 31.2 Å². The molecule has 2 rings (SSSR count). The maximum absolute atomic E-state index is 12.4. The molecule has 0 aromatic heterocycles. The quantitative estimate of drug-likeness (QED) is 0.700. The molecule has 0 aliphatic heterocycles. The van der Waals surface area contributed by atoms with Crippen LogP contribution < -0.4 is 9.62 Å². The average Bonchev–Trinajstić information content (AvgIpc) is 2.59. The largest absolute Gasteiger partial charge is 0.353 e. The van der Waals surface area contributed by atoms with Crippen molar-refractivity contribution in [1.29, 1.82) is 0 Å². The molecule has 1 saturated carbocycles. The monoisotopic (exact) mass is 384 g/mol. The number of thioether (sulfide) groups is 1. The highest BCUT2D eigenvalue weighted by atomic mass is 32.2. The van der Waals surface area contributed by atoms with Gasteiger partial charge in [0.2, 0.25) is 15.9 Å². The molecule has 0 unspecified atom stereocenters. The molecule has 1 aliphatic carbocycles. The normalized spacial score (nSPS) is 17.0. The molecule has 7 heteroatoms. The Morgan fingerprint density at radius 1 is 1.24 bits per heavy atom. The van der Waals surface area contributed by atoms with E-state index in [9.17, 15) is 13.2 Å². The molecule has 0 saturated heterocycles. The maximum atomic E-state index is 12.4. The Labute approximate surface area is 155 Å². The minimum absolute atomic E-state index is 0.265. The number of anilines is 1. The van der Waals surface area contributed by atoms with Crippen LogP contribution in [0.4, 0.5) is 5.69 Å². The number of para-hydroxylation sites is 1. The Bertz CT molecular complexity index is 644. The second-order valence-electron chi connectivity index (χ2n) is 6.49. The summed E-state index contributed by atoms with van der Waals surface area (Å²) in [6.07, 6.45) is 7.62. The van der Waals surface area contributed by atoms with Gasteiger partial charge < -0.3 is 5.32 Å². The number of hydrogen-bond acceptors (Lipinski definition) is 4. The van der Waals surface area contributed by atoms with Crippen LogP contribution in [0.3, 0.4) is 0 Å². The molecule has 1 aliphatic rings. The molecule has 0 heterocycles.